The smallest absolute Gasteiger partial charge is 0.319 e. The van der Waals surface area contributed by atoms with Gasteiger partial charge in [0.2, 0.25) is 5.89 Å². The fourth-order valence-electron chi connectivity index (χ4n) is 2.43. The van der Waals surface area contributed by atoms with Crippen molar-refractivity contribution in [3.8, 4) is 11.5 Å². The number of aromatic nitrogens is 2. The molecule has 2 amide bonds. The predicted molar refractivity (Wildman–Crippen MR) is 96.2 cm³/mol. The molecule has 3 rings (SSSR count). The molecule has 1 aromatic carbocycles. The van der Waals surface area contributed by atoms with Crippen LogP contribution < -0.4 is 10.6 Å². The Bertz CT molecular complexity index is 855. The number of hydrogen-bond acceptors (Lipinski definition) is 4. The van der Waals surface area contributed by atoms with Crippen LogP contribution in [0.5, 0.6) is 0 Å². The highest BCUT2D eigenvalue weighted by molar-refractivity contribution is 5.90. The summed E-state index contributed by atoms with van der Waals surface area (Å²) in [5.41, 5.74) is 3.34. The lowest BCUT2D eigenvalue weighted by Crippen LogP contribution is -2.31. The zero-order valence-electron chi connectivity index (χ0n) is 14.4. The zero-order valence-corrected chi connectivity index (χ0v) is 14.4. The Morgan fingerprint density at radius 1 is 1.16 bits per heavy atom. The second-order valence-electron chi connectivity index (χ2n) is 5.84. The summed E-state index contributed by atoms with van der Waals surface area (Å²) in [7, 11) is 0. The minimum absolute atomic E-state index is 0.122. The molecule has 0 radical (unpaired) electrons. The molecule has 2 heterocycles. The number of aryl methyl sites for hydroxylation is 2. The van der Waals surface area contributed by atoms with Crippen LogP contribution in [-0.4, -0.2) is 16.0 Å². The Balaban J connectivity index is 1.68. The molecule has 0 aliphatic carbocycles. The van der Waals surface area contributed by atoms with Crippen LogP contribution in [0.4, 0.5) is 10.5 Å². The lowest BCUT2D eigenvalue weighted by Gasteiger charge is -2.15. The largest absolute Gasteiger partial charge is 0.441 e. The van der Waals surface area contributed by atoms with Gasteiger partial charge in [-0.15, -0.1) is 0 Å². The van der Waals surface area contributed by atoms with Gasteiger partial charge in [0.25, 0.3) is 0 Å². The van der Waals surface area contributed by atoms with E-state index in [1.54, 1.807) is 12.4 Å². The Morgan fingerprint density at radius 3 is 2.60 bits per heavy atom. The average Bonchev–Trinajstić information content (AvgIpc) is 2.95. The molecular weight excluding hydrogens is 316 g/mol. The first-order valence-electron chi connectivity index (χ1n) is 8.05. The van der Waals surface area contributed by atoms with Crippen LogP contribution in [0.2, 0.25) is 0 Å². The van der Waals surface area contributed by atoms with Gasteiger partial charge >= 0.3 is 6.03 Å². The molecule has 0 aliphatic rings. The number of oxazole rings is 1. The summed E-state index contributed by atoms with van der Waals surface area (Å²) in [5.74, 6) is 1.33. The molecule has 0 fully saturated rings. The maximum atomic E-state index is 12.2. The average molecular weight is 336 g/mol. The third kappa shape index (κ3) is 4.03. The van der Waals surface area contributed by atoms with Gasteiger partial charge in [-0.2, -0.15) is 0 Å². The summed E-state index contributed by atoms with van der Waals surface area (Å²) in [5, 5.41) is 5.74. The van der Waals surface area contributed by atoms with Crippen LogP contribution in [0.25, 0.3) is 11.5 Å². The Labute approximate surface area is 146 Å². The molecule has 3 aromatic rings. The molecule has 0 bridgehead atoms. The first-order chi connectivity index (χ1) is 12.0. The molecular formula is C19H20N4O2. The summed E-state index contributed by atoms with van der Waals surface area (Å²) in [6.07, 6.45) is 3.41. The lowest BCUT2D eigenvalue weighted by molar-refractivity contribution is 0.249. The monoisotopic (exact) mass is 336 g/mol. The normalized spacial score (nSPS) is 11.8. The number of nitrogens with one attached hydrogen (secondary N) is 2. The van der Waals surface area contributed by atoms with Crippen LogP contribution in [0.15, 0.2) is 53.2 Å². The molecule has 0 saturated heterocycles. The van der Waals surface area contributed by atoms with E-state index < -0.39 is 0 Å². The topological polar surface area (TPSA) is 80.0 Å². The SMILES string of the molecule is Cc1nc(-c2cccc(NC(=O)NC(C)c3ccncc3)c2)oc1C. The summed E-state index contributed by atoms with van der Waals surface area (Å²) in [6, 6.07) is 10.8. The Morgan fingerprint density at radius 2 is 1.92 bits per heavy atom. The van der Waals surface area contributed by atoms with Crippen molar-refractivity contribution < 1.29 is 9.21 Å². The van der Waals surface area contributed by atoms with E-state index in [9.17, 15) is 4.79 Å². The summed E-state index contributed by atoms with van der Waals surface area (Å²) in [6.45, 7) is 5.70. The molecule has 128 valence electrons. The number of hydrogen-bond donors (Lipinski definition) is 2. The van der Waals surface area contributed by atoms with Crippen molar-refractivity contribution in [2.45, 2.75) is 26.8 Å². The lowest BCUT2D eigenvalue weighted by atomic mass is 10.1. The van der Waals surface area contributed by atoms with Gasteiger partial charge in [-0.05, 0) is 56.7 Å². The fraction of sp³-hybridized carbons (Fsp3) is 0.211. The summed E-state index contributed by atoms with van der Waals surface area (Å²) < 4.78 is 5.64. The van der Waals surface area contributed by atoms with Gasteiger partial charge in [0.05, 0.1) is 11.7 Å². The number of carbonyl (C=O) groups is 1. The van der Waals surface area contributed by atoms with E-state index in [-0.39, 0.29) is 12.1 Å². The molecule has 0 spiro atoms. The number of amides is 2. The van der Waals surface area contributed by atoms with Crippen molar-refractivity contribution >= 4 is 11.7 Å². The first kappa shape index (κ1) is 16.7. The molecule has 6 nitrogen and oxygen atoms in total. The van der Waals surface area contributed by atoms with Crippen molar-refractivity contribution in [1.82, 2.24) is 15.3 Å². The highest BCUT2D eigenvalue weighted by Crippen LogP contribution is 2.24. The van der Waals surface area contributed by atoms with Gasteiger partial charge in [-0.25, -0.2) is 9.78 Å². The van der Waals surface area contributed by atoms with E-state index in [4.69, 9.17) is 4.42 Å². The summed E-state index contributed by atoms with van der Waals surface area (Å²) >= 11 is 0. The van der Waals surface area contributed by atoms with Gasteiger partial charge in [0.1, 0.15) is 5.76 Å². The third-order valence-electron chi connectivity index (χ3n) is 3.95. The Kier molecular flexibility index (Phi) is 4.79. The van der Waals surface area contributed by atoms with Gasteiger partial charge < -0.3 is 15.1 Å². The van der Waals surface area contributed by atoms with Crippen molar-refractivity contribution in [1.29, 1.82) is 0 Å². The highest BCUT2D eigenvalue weighted by Gasteiger charge is 2.11. The fourth-order valence-corrected chi connectivity index (χ4v) is 2.43. The van der Waals surface area contributed by atoms with E-state index in [2.05, 4.69) is 20.6 Å². The van der Waals surface area contributed by atoms with E-state index in [0.717, 1.165) is 22.6 Å². The number of anilines is 1. The van der Waals surface area contributed by atoms with Gasteiger partial charge in [-0.1, -0.05) is 6.07 Å². The predicted octanol–water partition coefficient (Wildman–Crippen LogP) is 4.24. The number of benzene rings is 1. The van der Waals surface area contributed by atoms with Crippen LogP contribution >= 0.6 is 0 Å². The number of rotatable bonds is 4. The van der Waals surface area contributed by atoms with Crippen molar-refractivity contribution in [3.63, 3.8) is 0 Å². The second-order valence-corrected chi connectivity index (χ2v) is 5.84. The minimum atomic E-state index is -0.277. The van der Waals surface area contributed by atoms with Crippen LogP contribution in [0, 0.1) is 13.8 Å². The van der Waals surface area contributed by atoms with Gasteiger partial charge in [-0.3, -0.25) is 4.98 Å². The highest BCUT2D eigenvalue weighted by atomic mass is 16.4. The molecule has 0 saturated carbocycles. The van der Waals surface area contributed by atoms with Crippen molar-refractivity contribution in [2.75, 3.05) is 5.32 Å². The molecule has 1 unspecified atom stereocenters. The van der Waals surface area contributed by atoms with E-state index in [1.165, 1.54) is 0 Å². The number of pyridine rings is 1. The van der Waals surface area contributed by atoms with E-state index in [1.807, 2.05) is 57.2 Å². The van der Waals surface area contributed by atoms with E-state index >= 15 is 0 Å². The van der Waals surface area contributed by atoms with E-state index in [0.29, 0.717) is 11.6 Å². The van der Waals surface area contributed by atoms with Crippen LogP contribution in [-0.2, 0) is 0 Å². The molecule has 0 aliphatic heterocycles. The maximum absolute atomic E-state index is 12.2. The zero-order chi connectivity index (χ0) is 17.8. The minimum Gasteiger partial charge on any atom is -0.441 e. The maximum Gasteiger partial charge on any atom is 0.319 e. The Hall–Kier alpha value is -3.15. The first-order valence-corrected chi connectivity index (χ1v) is 8.05. The quantitative estimate of drug-likeness (QED) is 0.747. The third-order valence-corrected chi connectivity index (χ3v) is 3.95. The number of carbonyl (C=O) groups excluding carboxylic acids is 1. The van der Waals surface area contributed by atoms with Crippen LogP contribution in [0.3, 0.4) is 0 Å². The molecule has 25 heavy (non-hydrogen) atoms. The standard InChI is InChI=1S/C19H20N4O2/c1-12-14(3)25-18(21-12)16-5-4-6-17(11-16)23-19(24)22-13(2)15-7-9-20-10-8-15/h4-11,13H,1-3H3,(H2,22,23,24). The second kappa shape index (κ2) is 7.17. The molecule has 2 N–H and O–H groups in total. The van der Waals surface area contributed by atoms with Gasteiger partial charge in [0.15, 0.2) is 0 Å². The van der Waals surface area contributed by atoms with Gasteiger partial charge in [0, 0.05) is 23.6 Å². The van der Waals surface area contributed by atoms with Crippen LogP contribution in [0.1, 0.15) is 30.0 Å². The molecule has 2 aromatic heterocycles. The number of nitrogens with zero attached hydrogens (tertiary/aromatic N) is 2. The molecule has 1 atom stereocenters. The van der Waals surface area contributed by atoms with Crippen molar-refractivity contribution in [2.24, 2.45) is 0 Å². The van der Waals surface area contributed by atoms with Crippen molar-refractivity contribution in [3.05, 3.63) is 65.8 Å². The number of urea groups is 1. The molecule has 6 heteroatoms. The summed E-state index contributed by atoms with van der Waals surface area (Å²) in [4.78, 5) is 20.6.